The molecular weight excluding hydrogens is 358 g/mol. The summed E-state index contributed by atoms with van der Waals surface area (Å²) < 4.78 is 10.1. The number of halogens is 1. The van der Waals surface area contributed by atoms with Crippen LogP contribution in [0.3, 0.4) is 0 Å². The van der Waals surface area contributed by atoms with E-state index in [0.717, 1.165) is 44.9 Å². The summed E-state index contributed by atoms with van der Waals surface area (Å²) in [5.74, 6) is 0.557. The summed E-state index contributed by atoms with van der Waals surface area (Å²) in [7, 11) is 1.60. The maximum absolute atomic E-state index is 12.5. The Bertz CT molecular complexity index is 431. The molecule has 0 aromatic rings. The highest BCUT2D eigenvalue weighted by atomic mass is 35.5. The molecular formula is C18H34ClN3O4. The minimum Gasteiger partial charge on any atom is -0.382 e. The molecule has 0 spiro atoms. The van der Waals surface area contributed by atoms with Crippen molar-refractivity contribution < 1.29 is 19.1 Å². The highest BCUT2D eigenvalue weighted by molar-refractivity contribution is 5.85. The molecule has 0 aliphatic heterocycles. The molecule has 0 heterocycles. The summed E-state index contributed by atoms with van der Waals surface area (Å²) in [6, 6.07) is 0.394. The zero-order valence-electron chi connectivity index (χ0n) is 15.7. The normalized spacial score (nSPS) is 28.2. The Morgan fingerprint density at radius 3 is 2.42 bits per heavy atom. The van der Waals surface area contributed by atoms with E-state index in [1.807, 2.05) is 0 Å². The van der Waals surface area contributed by atoms with E-state index in [1.54, 1.807) is 7.11 Å². The van der Waals surface area contributed by atoms with Crippen LogP contribution < -0.4 is 16.4 Å². The number of carbonyl (C=O) groups excluding carboxylic acids is 2. The van der Waals surface area contributed by atoms with Gasteiger partial charge in [-0.15, -0.1) is 12.4 Å². The van der Waals surface area contributed by atoms with Crippen LogP contribution in [-0.2, 0) is 19.1 Å². The number of nitrogens with two attached hydrogens (primary N) is 1. The van der Waals surface area contributed by atoms with Crippen LogP contribution >= 0.6 is 12.4 Å². The van der Waals surface area contributed by atoms with Crippen LogP contribution in [0, 0.1) is 11.8 Å². The van der Waals surface area contributed by atoms with E-state index in [2.05, 4.69) is 10.6 Å². The van der Waals surface area contributed by atoms with Crippen molar-refractivity contribution in [2.45, 2.75) is 57.0 Å². The van der Waals surface area contributed by atoms with Crippen molar-refractivity contribution in [2.24, 2.45) is 17.6 Å². The summed E-state index contributed by atoms with van der Waals surface area (Å²) >= 11 is 0. The van der Waals surface area contributed by atoms with Crippen molar-refractivity contribution in [3.05, 3.63) is 0 Å². The summed E-state index contributed by atoms with van der Waals surface area (Å²) in [6.45, 7) is 1.61. The van der Waals surface area contributed by atoms with Crippen LogP contribution in [0.5, 0.6) is 0 Å². The quantitative estimate of drug-likeness (QED) is 0.508. The van der Waals surface area contributed by atoms with Crippen molar-refractivity contribution >= 4 is 24.2 Å². The Hall–Kier alpha value is -0.890. The molecule has 4 N–H and O–H groups in total. The van der Waals surface area contributed by atoms with Gasteiger partial charge in [0.15, 0.2) is 0 Å². The van der Waals surface area contributed by atoms with Gasteiger partial charge in [0, 0.05) is 25.1 Å². The lowest BCUT2D eigenvalue weighted by molar-refractivity contribution is -0.128. The summed E-state index contributed by atoms with van der Waals surface area (Å²) in [4.78, 5) is 24.3. The number of ether oxygens (including phenoxy) is 2. The third-order valence-corrected chi connectivity index (χ3v) is 5.42. The molecule has 0 aromatic heterocycles. The standard InChI is InChI=1S/C18H33N3O4.ClH/c1-24-9-10-25-12-17(22)20-15-7-5-13(6-8-15)18(23)21-16-4-2-3-14(16)11-19;/h13-16H,2-12,19H2,1H3,(H,20,22)(H,21,23);1H. The van der Waals surface area contributed by atoms with Crippen LogP contribution in [0.2, 0.25) is 0 Å². The van der Waals surface area contributed by atoms with Crippen molar-refractivity contribution in [3.63, 3.8) is 0 Å². The summed E-state index contributed by atoms with van der Waals surface area (Å²) in [5.41, 5.74) is 5.79. The van der Waals surface area contributed by atoms with Gasteiger partial charge in [-0.25, -0.2) is 0 Å². The second-order valence-corrected chi connectivity index (χ2v) is 7.20. The number of carbonyl (C=O) groups is 2. The largest absolute Gasteiger partial charge is 0.382 e. The van der Waals surface area contributed by atoms with E-state index < -0.39 is 0 Å². The molecule has 2 unspecified atom stereocenters. The molecule has 0 radical (unpaired) electrons. The molecule has 2 amide bonds. The predicted molar refractivity (Wildman–Crippen MR) is 102 cm³/mol. The first kappa shape index (κ1) is 23.1. The second-order valence-electron chi connectivity index (χ2n) is 7.20. The van der Waals surface area contributed by atoms with Crippen LogP contribution in [-0.4, -0.2) is 57.4 Å². The minimum absolute atomic E-state index is 0. The number of rotatable bonds is 9. The third kappa shape index (κ3) is 7.39. The molecule has 0 saturated heterocycles. The van der Waals surface area contributed by atoms with Crippen LogP contribution in [0.25, 0.3) is 0 Å². The number of amides is 2. The van der Waals surface area contributed by atoms with Gasteiger partial charge in [0.1, 0.15) is 6.61 Å². The number of nitrogens with one attached hydrogen (secondary N) is 2. The smallest absolute Gasteiger partial charge is 0.246 e. The predicted octanol–water partition coefficient (Wildman–Crippen LogP) is 0.990. The van der Waals surface area contributed by atoms with Gasteiger partial charge in [-0.05, 0) is 51.0 Å². The summed E-state index contributed by atoms with van der Waals surface area (Å²) in [6.07, 6.45) is 6.63. The SMILES string of the molecule is COCCOCC(=O)NC1CCC(C(=O)NC2CCCC2CN)CC1.Cl. The molecule has 0 aromatic carbocycles. The van der Waals surface area contributed by atoms with Crippen molar-refractivity contribution in [3.8, 4) is 0 Å². The van der Waals surface area contributed by atoms with E-state index in [0.29, 0.717) is 25.7 Å². The Balaban J connectivity index is 0.00000338. The van der Waals surface area contributed by atoms with Gasteiger partial charge in [0.05, 0.1) is 13.2 Å². The van der Waals surface area contributed by atoms with Crippen LogP contribution in [0.1, 0.15) is 44.9 Å². The molecule has 2 aliphatic rings. The zero-order valence-corrected chi connectivity index (χ0v) is 16.5. The molecule has 26 heavy (non-hydrogen) atoms. The van der Waals surface area contributed by atoms with Gasteiger partial charge in [-0.2, -0.15) is 0 Å². The Morgan fingerprint density at radius 2 is 1.77 bits per heavy atom. The van der Waals surface area contributed by atoms with Gasteiger partial charge in [0.25, 0.3) is 0 Å². The fraction of sp³-hybridized carbons (Fsp3) is 0.889. The van der Waals surface area contributed by atoms with E-state index in [4.69, 9.17) is 15.2 Å². The van der Waals surface area contributed by atoms with Crippen molar-refractivity contribution in [2.75, 3.05) is 33.5 Å². The van der Waals surface area contributed by atoms with E-state index >= 15 is 0 Å². The van der Waals surface area contributed by atoms with Gasteiger partial charge in [-0.1, -0.05) is 6.42 Å². The molecule has 7 nitrogen and oxygen atoms in total. The van der Waals surface area contributed by atoms with Crippen molar-refractivity contribution in [1.82, 2.24) is 10.6 Å². The molecule has 2 aliphatic carbocycles. The molecule has 2 fully saturated rings. The van der Waals surface area contributed by atoms with Gasteiger partial charge >= 0.3 is 0 Å². The fourth-order valence-corrected chi connectivity index (χ4v) is 3.89. The molecule has 0 bridgehead atoms. The zero-order chi connectivity index (χ0) is 18.1. The molecule has 8 heteroatoms. The Morgan fingerprint density at radius 1 is 1.04 bits per heavy atom. The van der Waals surface area contributed by atoms with Crippen LogP contribution in [0.4, 0.5) is 0 Å². The van der Waals surface area contributed by atoms with Crippen molar-refractivity contribution in [1.29, 1.82) is 0 Å². The highest BCUT2D eigenvalue weighted by Crippen LogP contribution is 2.28. The van der Waals surface area contributed by atoms with Crippen LogP contribution in [0.15, 0.2) is 0 Å². The minimum atomic E-state index is -0.0965. The lowest BCUT2D eigenvalue weighted by Crippen LogP contribution is -2.45. The van der Waals surface area contributed by atoms with E-state index in [1.165, 1.54) is 0 Å². The number of hydrogen-bond donors (Lipinski definition) is 3. The molecule has 2 atom stereocenters. The highest BCUT2D eigenvalue weighted by Gasteiger charge is 2.32. The van der Waals surface area contributed by atoms with Gasteiger partial charge in [0.2, 0.25) is 11.8 Å². The molecule has 2 saturated carbocycles. The lowest BCUT2D eigenvalue weighted by atomic mass is 9.85. The first-order valence-corrected chi connectivity index (χ1v) is 9.50. The molecule has 2 rings (SSSR count). The van der Waals surface area contributed by atoms with Gasteiger partial charge in [-0.3, -0.25) is 9.59 Å². The second kappa shape index (κ2) is 12.5. The fourth-order valence-electron chi connectivity index (χ4n) is 3.89. The topological polar surface area (TPSA) is 103 Å². The summed E-state index contributed by atoms with van der Waals surface area (Å²) in [5, 5.41) is 6.20. The first-order valence-electron chi connectivity index (χ1n) is 9.50. The monoisotopic (exact) mass is 391 g/mol. The third-order valence-electron chi connectivity index (χ3n) is 5.42. The van der Waals surface area contributed by atoms with E-state index in [-0.39, 0.29) is 48.8 Å². The number of methoxy groups -OCH3 is 1. The maximum atomic E-state index is 12.5. The van der Waals surface area contributed by atoms with E-state index in [9.17, 15) is 9.59 Å². The maximum Gasteiger partial charge on any atom is 0.246 e. The average Bonchev–Trinajstić information content (AvgIpc) is 3.06. The average molecular weight is 392 g/mol. The number of hydrogen-bond acceptors (Lipinski definition) is 5. The lowest BCUT2D eigenvalue weighted by Gasteiger charge is -2.30. The Labute approximate surface area is 162 Å². The Kier molecular flexibility index (Phi) is 11.1. The molecule has 152 valence electrons. The van der Waals surface area contributed by atoms with Gasteiger partial charge < -0.3 is 25.8 Å². The first-order chi connectivity index (χ1) is 12.1.